The number of rotatable bonds is 3. The molecule has 3 saturated heterocycles. The lowest BCUT2D eigenvalue weighted by Crippen LogP contribution is -2.57. The minimum absolute atomic E-state index is 0.110. The number of hydrogen-bond donors (Lipinski definition) is 0. The zero-order chi connectivity index (χ0) is 23.3. The van der Waals surface area contributed by atoms with Crippen LogP contribution in [-0.4, -0.2) is 80.8 Å². The molecule has 0 radical (unpaired) electrons. The number of hydrogen-bond acceptors (Lipinski definition) is 8. The number of halogens is 1. The van der Waals surface area contributed by atoms with Crippen molar-refractivity contribution < 1.29 is 14.3 Å². The molecule has 0 aliphatic carbocycles. The van der Waals surface area contributed by atoms with Crippen LogP contribution in [0.2, 0.25) is 0 Å². The molecule has 0 spiro atoms. The summed E-state index contributed by atoms with van der Waals surface area (Å²) in [7, 11) is 0. The van der Waals surface area contributed by atoms with Crippen LogP contribution in [0.25, 0.3) is 11.2 Å². The third-order valence-corrected chi connectivity index (χ3v) is 7.64. The van der Waals surface area contributed by atoms with E-state index < -0.39 is 5.60 Å². The maximum absolute atomic E-state index is 12.9. The van der Waals surface area contributed by atoms with Crippen molar-refractivity contribution in [3.63, 3.8) is 0 Å². The molecule has 2 aromatic rings. The molecule has 11 heteroatoms. The van der Waals surface area contributed by atoms with Crippen molar-refractivity contribution in [2.45, 2.75) is 75.3 Å². The van der Waals surface area contributed by atoms with Gasteiger partial charge in [-0.15, -0.1) is 0 Å². The first kappa shape index (κ1) is 23.2. The Balaban J connectivity index is 1.51. The molecule has 2 aromatic heterocycles. The quantitative estimate of drug-likeness (QED) is 0.325. The van der Waals surface area contributed by atoms with Crippen LogP contribution in [0.5, 0.6) is 0 Å². The number of amides is 1. The summed E-state index contributed by atoms with van der Waals surface area (Å²) in [5, 5.41) is 0.705. The first-order valence-electron chi connectivity index (χ1n) is 11.6. The van der Waals surface area contributed by atoms with Gasteiger partial charge in [0.25, 0.3) is 0 Å². The normalized spacial score (nSPS) is 25.7. The summed E-state index contributed by atoms with van der Waals surface area (Å²) in [4.78, 5) is 31.6. The van der Waals surface area contributed by atoms with Crippen molar-refractivity contribution in [3.8, 4) is 0 Å². The minimum Gasteiger partial charge on any atom is -0.444 e. The maximum Gasteiger partial charge on any atom is 0.410 e. The van der Waals surface area contributed by atoms with Gasteiger partial charge in [-0.05, 0) is 68.6 Å². The number of thioether (sulfide) groups is 1. The zero-order valence-electron chi connectivity index (χ0n) is 19.6. The highest BCUT2D eigenvalue weighted by Gasteiger charge is 2.45. The van der Waals surface area contributed by atoms with Crippen LogP contribution in [0.4, 0.5) is 10.6 Å². The molecule has 5 rings (SSSR count). The van der Waals surface area contributed by atoms with E-state index in [0.717, 1.165) is 61.4 Å². The molecule has 0 N–H and O–H groups in total. The molecule has 3 unspecified atom stereocenters. The molecular formula is C22H31BrN6O3S. The van der Waals surface area contributed by atoms with Gasteiger partial charge in [0, 0.05) is 19.7 Å². The van der Waals surface area contributed by atoms with Gasteiger partial charge >= 0.3 is 6.09 Å². The zero-order valence-corrected chi connectivity index (χ0v) is 22.0. The second kappa shape index (κ2) is 8.88. The summed E-state index contributed by atoms with van der Waals surface area (Å²) >= 11 is 5.19. The van der Waals surface area contributed by atoms with Gasteiger partial charge in [-0.3, -0.25) is 4.90 Å². The Hall–Kier alpha value is -1.59. The van der Waals surface area contributed by atoms with Crippen molar-refractivity contribution in [2.24, 2.45) is 0 Å². The van der Waals surface area contributed by atoms with Crippen molar-refractivity contribution in [1.29, 1.82) is 0 Å². The van der Waals surface area contributed by atoms with Gasteiger partial charge in [0.05, 0.1) is 24.7 Å². The average molecular weight is 540 g/mol. The first-order valence-corrected chi connectivity index (χ1v) is 13.6. The Morgan fingerprint density at radius 2 is 1.85 bits per heavy atom. The molecule has 0 aromatic carbocycles. The Labute approximate surface area is 206 Å². The molecule has 0 saturated carbocycles. The Morgan fingerprint density at radius 1 is 1.12 bits per heavy atom. The fourth-order valence-electron chi connectivity index (χ4n) is 5.20. The summed E-state index contributed by atoms with van der Waals surface area (Å²) in [6.07, 6.45) is 5.78. The van der Waals surface area contributed by atoms with E-state index in [2.05, 4.69) is 25.4 Å². The van der Waals surface area contributed by atoms with Gasteiger partial charge < -0.3 is 18.9 Å². The lowest BCUT2D eigenvalue weighted by atomic mass is 10.1. The summed E-state index contributed by atoms with van der Waals surface area (Å²) < 4.78 is 14.5. The lowest BCUT2D eigenvalue weighted by Gasteiger charge is -2.42. The van der Waals surface area contributed by atoms with E-state index in [4.69, 9.17) is 24.4 Å². The molecule has 9 nitrogen and oxygen atoms in total. The molecule has 1 amide bonds. The number of piperazine rings is 1. The predicted octanol–water partition coefficient (Wildman–Crippen LogP) is 4.25. The van der Waals surface area contributed by atoms with E-state index in [9.17, 15) is 4.79 Å². The topological polar surface area (TPSA) is 85.6 Å². The summed E-state index contributed by atoms with van der Waals surface area (Å²) in [5.41, 5.74) is 1.14. The molecule has 3 fully saturated rings. The van der Waals surface area contributed by atoms with Gasteiger partial charge in [-0.1, -0.05) is 11.8 Å². The summed E-state index contributed by atoms with van der Waals surface area (Å²) in [6, 6.07) is 0.415. The number of nitrogens with zero attached hydrogens (tertiary/aromatic N) is 6. The van der Waals surface area contributed by atoms with E-state index in [-0.39, 0.29) is 24.2 Å². The van der Waals surface area contributed by atoms with Crippen LogP contribution in [0, 0.1) is 0 Å². The average Bonchev–Trinajstić information content (AvgIpc) is 3.24. The van der Waals surface area contributed by atoms with Crippen LogP contribution in [0.15, 0.2) is 9.89 Å². The van der Waals surface area contributed by atoms with E-state index in [1.165, 1.54) is 11.8 Å². The highest BCUT2D eigenvalue weighted by atomic mass is 79.9. The smallest absolute Gasteiger partial charge is 0.410 e. The number of fused-ring (bicyclic) bond motifs is 3. The van der Waals surface area contributed by atoms with E-state index in [1.54, 1.807) is 0 Å². The monoisotopic (exact) mass is 538 g/mol. The van der Waals surface area contributed by atoms with E-state index >= 15 is 0 Å². The van der Waals surface area contributed by atoms with Crippen molar-refractivity contribution >= 4 is 50.8 Å². The molecule has 180 valence electrons. The largest absolute Gasteiger partial charge is 0.444 e. The Morgan fingerprint density at radius 3 is 2.45 bits per heavy atom. The van der Waals surface area contributed by atoms with Crippen molar-refractivity contribution in [2.75, 3.05) is 37.5 Å². The Kier molecular flexibility index (Phi) is 6.24. The third-order valence-electron chi connectivity index (χ3n) is 6.53. The summed E-state index contributed by atoms with van der Waals surface area (Å²) in [5.74, 6) is 0.897. The summed E-state index contributed by atoms with van der Waals surface area (Å²) in [6.45, 7) is 8.65. The van der Waals surface area contributed by atoms with Gasteiger partial charge in [-0.25, -0.2) is 19.7 Å². The fraction of sp³-hybridized carbons (Fsp3) is 0.727. The SMILES string of the molecule is CSc1nc(N2CC3CCC(C2)N3C(=O)OC(C)(C)C)c2c(n1)nc(Br)n2C1CCCOC1. The fourth-order valence-corrected chi connectivity index (χ4v) is 6.19. The number of carbonyl (C=O) groups is 1. The molecular weight excluding hydrogens is 508 g/mol. The highest BCUT2D eigenvalue weighted by molar-refractivity contribution is 9.10. The highest BCUT2D eigenvalue weighted by Crippen LogP contribution is 2.38. The third kappa shape index (κ3) is 4.43. The number of anilines is 1. The van der Waals surface area contributed by atoms with Gasteiger partial charge in [0.2, 0.25) is 0 Å². The molecule has 3 atom stereocenters. The van der Waals surface area contributed by atoms with Crippen molar-refractivity contribution in [3.05, 3.63) is 4.73 Å². The molecule has 3 aliphatic heterocycles. The minimum atomic E-state index is -0.499. The van der Waals surface area contributed by atoms with Gasteiger partial charge in [-0.2, -0.15) is 0 Å². The van der Waals surface area contributed by atoms with Crippen LogP contribution in [0.3, 0.4) is 0 Å². The first-order chi connectivity index (χ1) is 15.7. The van der Waals surface area contributed by atoms with Crippen LogP contribution in [-0.2, 0) is 9.47 Å². The number of carbonyl (C=O) groups excluding carboxylic acids is 1. The molecule has 3 aliphatic rings. The maximum atomic E-state index is 12.9. The standard InChI is InChI=1S/C22H31BrN6O3S/c1-22(2,3)32-21(30)28-13-7-8-14(28)11-27(10-13)18-16-17(25-20(26-18)33-4)24-19(23)29(16)15-6-5-9-31-12-15/h13-15H,5-12H2,1-4H3. The van der Waals surface area contributed by atoms with E-state index in [1.807, 2.05) is 31.9 Å². The number of ether oxygens (including phenoxy) is 2. The van der Waals surface area contributed by atoms with Crippen LogP contribution < -0.4 is 4.90 Å². The lowest BCUT2D eigenvalue weighted by molar-refractivity contribution is 0.0122. The second-order valence-electron chi connectivity index (χ2n) is 10.0. The molecule has 2 bridgehead atoms. The predicted molar refractivity (Wildman–Crippen MR) is 131 cm³/mol. The number of aromatic nitrogens is 4. The van der Waals surface area contributed by atoms with Crippen LogP contribution in [0.1, 0.15) is 52.5 Å². The molecule has 33 heavy (non-hydrogen) atoms. The van der Waals surface area contributed by atoms with E-state index in [0.29, 0.717) is 17.4 Å². The second-order valence-corrected chi connectivity index (χ2v) is 11.5. The number of imidazole rings is 1. The van der Waals surface area contributed by atoms with Crippen LogP contribution >= 0.6 is 27.7 Å². The van der Waals surface area contributed by atoms with Crippen molar-refractivity contribution in [1.82, 2.24) is 24.4 Å². The van der Waals surface area contributed by atoms with Gasteiger partial charge in [0.15, 0.2) is 21.4 Å². The Bertz CT molecular complexity index is 1040. The molecule has 5 heterocycles. The van der Waals surface area contributed by atoms with Gasteiger partial charge in [0.1, 0.15) is 11.1 Å².